The molecule has 0 aliphatic heterocycles. The van der Waals surface area contributed by atoms with Crippen molar-refractivity contribution in [3.8, 4) is 0 Å². The number of carboxylic acid groups (broad SMARTS) is 3. The Morgan fingerprint density at radius 2 is 0.941 bits per heavy atom. The maximum Gasteiger partial charge on any atom is 0.311 e. The molecule has 3 atom stereocenters. The van der Waals surface area contributed by atoms with Gasteiger partial charge in [0, 0.05) is 11.9 Å². The molecule has 0 aromatic rings. The van der Waals surface area contributed by atoms with Crippen LogP contribution >= 0.6 is 0 Å². The molecule has 2 N–H and O–H groups in total. The van der Waals surface area contributed by atoms with E-state index in [4.69, 9.17) is 0 Å². The summed E-state index contributed by atoms with van der Waals surface area (Å²) in [5.41, 5.74) is 0. The van der Waals surface area contributed by atoms with Gasteiger partial charge in [0.15, 0.2) is 0 Å². The van der Waals surface area contributed by atoms with Crippen molar-refractivity contribution >= 4 is 17.9 Å². The minimum absolute atomic E-state index is 0.189. The normalized spacial score (nSPS) is 15.9. The zero-order chi connectivity index (χ0) is 26.0. The summed E-state index contributed by atoms with van der Waals surface area (Å²) in [5.74, 6) is -5.22. The van der Waals surface area contributed by atoms with E-state index in [9.17, 15) is 29.7 Å². The van der Waals surface area contributed by atoms with E-state index in [0.29, 0.717) is 6.54 Å². The Labute approximate surface area is 207 Å². The van der Waals surface area contributed by atoms with Crippen LogP contribution in [0, 0.1) is 17.8 Å². The van der Waals surface area contributed by atoms with Gasteiger partial charge in [0.2, 0.25) is 0 Å². The first kappa shape index (κ1) is 32.4. The van der Waals surface area contributed by atoms with Crippen LogP contribution in [0.4, 0.5) is 0 Å². The molecule has 0 rings (SSSR count). The summed E-state index contributed by atoms with van der Waals surface area (Å²) >= 11 is 0. The average molecular weight is 486 g/mol. The summed E-state index contributed by atoms with van der Waals surface area (Å²) in [4.78, 5) is 34.6. The fourth-order valence-electron chi connectivity index (χ4n) is 4.94. The van der Waals surface area contributed by atoms with Crippen molar-refractivity contribution in [3.63, 3.8) is 0 Å². The topological polar surface area (TPSA) is 115 Å². The fraction of sp³-hybridized carbons (Fsp3) is 0.889. The van der Waals surface area contributed by atoms with Crippen molar-refractivity contribution in [1.82, 2.24) is 0 Å². The summed E-state index contributed by atoms with van der Waals surface area (Å²) < 4.78 is 0.189. The molecule has 3 unspecified atom stereocenters. The maximum atomic E-state index is 11.6. The van der Waals surface area contributed by atoms with Crippen molar-refractivity contribution in [3.05, 3.63) is 0 Å². The van der Waals surface area contributed by atoms with Gasteiger partial charge in [0.25, 0.3) is 0 Å². The van der Waals surface area contributed by atoms with Gasteiger partial charge in [0.05, 0.1) is 26.2 Å². The molecule has 200 valence electrons. The van der Waals surface area contributed by atoms with Crippen LogP contribution in [-0.2, 0) is 14.4 Å². The molecule has 7 heteroatoms. The first-order chi connectivity index (χ1) is 16.0. The third kappa shape index (κ3) is 15.3. The van der Waals surface area contributed by atoms with Gasteiger partial charge in [-0.2, -0.15) is 0 Å². The van der Waals surface area contributed by atoms with Gasteiger partial charge in [-0.05, 0) is 26.7 Å². The summed E-state index contributed by atoms with van der Waals surface area (Å²) in [7, 11) is 0. The summed E-state index contributed by atoms with van der Waals surface area (Å²) in [6.07, 6.45) is 15.9. The number of hydrogen-bond acceptors (Lipinski definition) is 4. The van der Waals surface area contributed by atoms with E-state index in [1.165, 1.54) is 64.2 Å². The molecule has 0 aromatic carbocycles. The highest BCUT2D eigenvalue weighted by molar-refractivity contribution is 5.70. The molecule has 0 bridgehead atoms. The Bertz CT molecular complexity index is 524. The van der Waals surface area contributed by atoms with Crippen LogP contribution in [-0.4, -0.2) is 58.8 Å². The van der Waals surface area contributed by atoms with Crippen molar-refractivity contribution in [1.29, 1.82) is 0 Å². The molecule has 0 aliphatic rings. The first-order valence-corrected chi connectivity index (χ1v) is 13.6. The Morgan fingerprint density at radius 3 is 1.26 bits per heavy atom. The molecular weight excluding hydrogens is 434 g/mol. The molecule has 0 aromatic heterocycles. The second-order valence-electron chi connectivity index (χ2n) is 10.6. The van der Waals surface area contributed by atoms with Crippen molar-refractivity contribution < 1.29 is 34.2 Å². The average Bonchev–Trinajstić information content (AvgIpc) is 2.76. The van der Waals surface area contributed by atoms with Crippen molar-refractivity contribution in [2.24, 2.45) is 17.8 Å². The van der Waals surface area contributed by atoms with E-state index in [0.717, 1.165) is 19.3 Å². The van der Waals surface area contributed by atoms with E-state index in [-0.39, 0.29) is 24.1 Å². The maximum absolute atomic E-state index is 11.6. The van der Waals surface area contributed by atoms with Crippen LogP contribution in [0.25, 0.3) is 0 Å². The Kier molecular flexibility index (Phi) is 17.8. The van der Waals surface area contributed by atoms with E-state index in [2.05, 4.69) is 6.92 Å². The molecule has 34 heavy (non-hydrogen) atoms. The zero-order valence-electron chi connectivity index (χ0n) is 22.2. The number of nitrogens with zero attached hydrogens (tertiary/aromatic N) is 1. The zero-order valence-corrected chi connectivity index (χ0v) is 22.2. The number of carbonyl (C=O) groups is 3. The first-order valence-electron chi connectivity index (χ1n) is 13.6. The van der Waals surface area contributed by atoms with Gasteiger partial charge in [-0.3, -0.25) is 9.59 Å². The SMILES string of the molecule is CCCCCCCCCCCCCCC[N+](CC(C)C(=O)[O-])(CC(C)C(=O)O)CC(C)C(=O)O. The lowest BCUT2D eigenvalue weighted by molar-refractivity contribution is -0.934. The van der Waals surface area contributed by atoms with Crippen LogP contribution < -0.4 is 5.11 Å². The van der Waals surface area contributed by atoms with Gasteiger partial charge in [-0.1, -0.05) is 84.5 Å². The molecule has 0 radical (unpaired) electrons. The van der Waals surface area contributed by atoms with Crippen LogP contribution in [0.5, 0.6) is 0 Å². The third-order valence-corrected chi connectivity index (χ3v) is 6.96. The molecule has 0 fully saturated rings. The summed E-state index contributed by atoms with van der Waals surface area (Å²) in [6.45, 7) is 8.23. The van der Waals surface area contributed by atoms with Crippen molar-refractivity contribution in [2.45, 2.75) is 111 Å². The number of carboxylic acids is 3. The molecule has 0 saturated carbocycles. The van der Waals surface area contributed by atoms with Crippen LogP contribution in [0.3, 0.4) is 0 Å². The van der Waals surface area contributed by atoms with Gasteiger partial charge >= 0.3 is 11.9 Å². The quantitative estimate of drug-likeness (QED) is 0.160. The standard InChI is InChI=1S/C27H51NO6/c1-5-6-7-8-9-10-11-12-13-14-15-16-17-18-28(19-22(2)25(29)30,20-23(3)26(31)32)21-24(4)27(33)34/h22-24H,5-21H2,1-4H3,(H2-,29,30,31,32,33,34). The lowest BCUT2D eigenvalue weighted by Crippen LogP contribution is -2.58. The highest BCUT2D eigenvalue weighted by atomic mass is 16.4. The largest absolute Gasteiger partial charge is 0.550 e. The van der Waals surface area contributed by atoms with E-state index < -0.39 is 35.7 Å². The highest BCUT2D eigenvalue weighted by Gasteiger charge is 2.36. The number of quaternary nitrogens is 1. The third-order valence-electron chi connectivity index (χ3n) is 6.96. The Balaban J connectivity index is 4.69. The second-order valence-corrected chi connectivity index (χ2v) is 10.6. The van der Waals surface area contributed by atoms with E-state index in [1.54, 1.807) is 20.8 Å². The van der Waals surface area contributed by atoms with Crippen LogP contribution in [0.15, 0.2) is 0 Å². The Morgan fingerprint density at radius 1 is 0.618 bits per heavy atom. The van der Waals surface area contributed by atoms with E-state index in [1.807, 2.05) is 0 Å². The smallest absolute Gasteiger partial charge is 0.311 e. The number of rotatable bonds is 23. The summed E-state index contributed by atoms with van der Waals surface area (Å²) in [6, 6.07) is 0. The number of unbranched alkanes of at least 4 members (excludes halogenated alkanes) is 12. The predicted octanol–water partition coefficient (Wildman–Crippen LogP) is 4.72. The monoisotopic (exact) mass is 485 g/mol. The minimum Gasteiger partial charge on any atom is -0.550 e. The molecule has 0 heterocycles. The van der Waals surface area contributed by atoms with Gasteiger partial charge in [0.1, 0.15) is 11.8 Å². The van der Waals surface area contributed by atoms with Gasteiger partial charge in [-0.15, -0.1) is 0 Å². The summed E-state index contributed by atoms with van der Waals surface area (Å²) in [5, 5.41) is 30.4. The molecule has 0 amide bonds. The fourth-order valence-corrected chi connectivity index (χ4v) is 4.94. The molecule has 0 saturated heterocycles. The number of hydrogen-bond donors (Lipinski definition) is 2. The lowest BCUT2D eigenvalue weighted by atomic mass is 10.00. The predicted molar refractivity (Wildman–Crippen MR) is 133 cm³/mol. The molecular formula is C27H51NO6. The highest BCUT2D eigenvalue weighted by Crippen LogP contribution is 2.22. The second kappa shape index (κ2) is 18.7. The lowest BCUT2D eigenvalue weighted by Gasteiger charge is -2.43. The minimum atomic E-state index is -1.18. The van der Waals surface area contributed by atoms with Crippen LogP contribution in [0.1, 0.15) is 111 Å². The van der Waals surface area contributed by atoms with Crippen molar-refractivity contribution in [2.75, 3.05) is 26.2 Å². The van der Waals surface area contributed by atoms with Gasteiger partial charge < -0.3 is 24.6 Å². The van der Waals surface area contributed by atoms with E-state index >= 15 is 0 Å². The Hall–Kier alpha value is -1.63. The number of carbonyl (C=O) groups excluding carboxylic acids is 1. The molecule has 7 nitrogen and oxygen atoms in total. The van der Waals surface area contributed by atoms with Crippen LogP contribution in [0.2, 0.25) is 0 Å². The molecule has 0 spiro atoms. The number of aliphatic carboxylic acids is 3. The molecule has 0 aliphatic carbocycles. The van der Waals surface area contributed by atoms with Gasteiger partial charge in [-0.25, -0.2) is 0 Å².